The van der Waals surface area contributed by atoms with Crippen LogP contribution < -0.4 is 9.47 Å². The number of hydrogen-bond acceptors (Lipinski definition) is 6. The van der Waals surface area contributed by atoms with Gasteiger partial charge in [0.2, 0.25) is 5.91 Å². The van der Waals surface area contributed by atoms with Crippen molar-refractivity contribution in [2.75, 3.05) is 33.9 Å². The minimum Gasteiger partial charge on any atom is -0.496 e. The highest BCUT2D eigenvalue weighted by Gasteiger charge is 2.28. The number of nitrogens with zero attached hydrogens (tertiary/aromatic N) is 1. The number of likely N-dealkylation sites (tertiary alicyclic amines) is 1. The summed E-state index contributed by atoms with van der Waals surface area (Å²) in [5.41, 5.74) is 5.06. The number of carbonyl (C=O) groups is 2. The number of hydrogen-bond donors (Lipinski definition) is 0. The minimum absolute atomic E-state index is 0.0771. The van der Waals surface area contributed by atoms with Gasteiger partial charge < -0.3 is 23.5 Å². The lowest BCUT2D eigenvalue weighted by atomic mass is 9.95. The number of ether oxygens (including phenoxy) is 3. The number of methoxy groups -OCH3 is 2. The molecule has 0 atom stereocenters. The first kappa shape index (κ1) is 25.4. The van der Waals surface area contributed by atoms with Crippen LogP contribution in [0.2, 0.25) is 0 Å². The molecule has 1 aliphatic heterocycles. The third-order valence-electron chi connectivity index (χ3n) is 6.84. The smallest absolute Gasteiger partial charge is 0.309 e. The van der Waals surface area contributed by atoms with E-state index in [4.69, 9.17) is 18.6 Å². The molecule has 0 unspecified atom stereocenters. The summed E-state index contributed by atoms with van der Waals surface area (Å²) in [6, 6.07) is 9.81. The van der Waals surface area contributed by atoms with Crippen molar-refractivity contribution in [2.24, 2.45) is 5.92 Å². The molecule has 0 bridgehead atoms. The first-order valence-corrected chi connectivity index (χ1v) is 12.3. The minimum atomic E-state index is -0.171. The van der Waals surface area contributed by atoms with Gasteiger partial charge >= 0.3 is 5.97 Å². The van der Waals surface area contributed by atoms with Gasteiger partial charge in [0, 0.05) is 46.8 Å². The Bertz CT molecular complexity index is 1300. The molecule has 2 heterocycles. The molecule has 7 nitrogen and oxygen atoms in total. The molecular formula is C29H33NO6. The van der Waals surface area contributed by atoms with Crippen molar-refractivity contribution in [1.82, 2.24) is 4.90 Å². The van der Waals surface area contributed by atoms with E-state index >= 15 is 0 Å². The maximum absolute atomic E-state index is 13.1. The Labute approximate surface area is 211 Å². The molecule has 1 fully saturated rings. The maximum atomic E-state index is 13.1. The Morgan fingerprint density at radius 3 is 2.50 bits per heavy atom. The van der Waals surface area contributed by atoms with Gasteiger partial charge in [-0.3, -0.25) is 9.59 Å². The fourth-order valence-corrected chi connectivity index (χ4v) is 4.90. The average Bonchev–Trinajstić information content (AvgIpc) is 3.33. The monoisotopic (exact) mass is 491 g/mol. The van der Waals surface area contributed by atoms with E-state index in [1.165, 1.54) is 0 Å². The lowest BCUT2D eigenvalue weighted by molar-refractivity contribution is -0.150. The van der Waals surface area contributed by atoms with Gasteiger partial charge in [-0.2, -0.15) is 0 Å². The quantitative estimate of drug-likeness (QED) is 0.315. The molecule has 1 aromatic heterocycles. The van der Waals surface area contributed by atoms with E-state index in [9.17, 15) is 9.59 Å². The van der Waals surface area contributed by atoms with Crippen LogP contribution in [0.15, 0.2) is 47.1 Å². The third-order valence-corrected chi connectivity index (χ3v) is 6.84. The standard InChI is InChI=1S/C29H33NO6/c1-6-35-29(32)20-11-13-30(14-12-20)26(31)15-18(2)22-16-23-24(21-9-7-8-10-25(21)33-4)17-36-28(23)19(3)27(22)34-5/h7-10,15-17,20H,6,11-14H2,1-5H3/b18-15+. The van der Waals surface area contributed by atoms with Gasteiger partial charge in [-0.1, -0.05) is 18.2 Å². The number of allylic oxidation sites excluding steroid dienone is 1. The van der Waals surface area contributed by atoms with Crippen molar-refractivity contribution >= 4 is 28.4 Å². The van der Waals surface area contributed by atoms with Crippen molar-refractivity contribution in [2.45, 2.75) is 33.6 Å². The molecule has 0 spiro atoms. The normalized spacial score (nSPS) is 14.7. The third kappa shape index (κ3) is 4.83. The van der Waals surface area contributed by atoms with E-state index in [1.54, 1.807) is 38.4 Å². The van der Waals surface area contributed by atoms with Crippen LogP contribution >= 0.6 is 0 Å². The van der Waals surface area contributed by atoms with Gasteiger partial charge in [-0.05, 0) is 51.3 Å². The Hall–Kier alpha value is -3.74. The summed E-state index contributed by atoms with van der Waals surface area (Å²) >= 11 is 0. The molecule has 3 aromatic rings. The predicted octanol–water partition coefficient (Wildman–Crippen LogP) is 5.63. The molecule has 0 N–H and O–H groups in total. The first-order valence-electron chi connectivity index (χ1n) is 12.3. The van der Waals surface area contributed by atoms with Gasteiger partial charge in [-0.15, -0.1) is 0 Å². The SMILES string of the molecule is CCOC(=O)C1CCN(C(=O)/C=C(\C)c2cc3c(-c4ccccc4OC)coc3c(C)c2OC)CC1. The molecule has 1 saturated heterocycles. The van der Waals surface area contributed by atoms with Crippen LogP contribution in [0, 0.1) is 12.8 Å². The van der Waals surface area contributed by atoms with Crippen LogP contribution in [-0.4, -0.2) is 50.7 Å². The van der Waals surface area contributed by atoms with E-state index in [1.807, 2.05) is 44.2 Å². The van der Waals surface area contributed by atoms with E-state index in [0.717, 1.165) is 44.5 Å². The fourth-order valence-electron chi connectivity index (χ4n) is 4.90. The molecule has 36 heavy (non-hydrogen) atoms. The molecule has 2 aromatic carbocycles. The van der Waals surface area contributed by atoms with Crippen molar-refractivity contribution < 1.29 is 28.2 Å². The van der Waals surface area contributed by atoms with Crippen molar-refractivity contribution in [3.8, 4) is 22.6 Å². The second-order valence-electron chi connectivity index (χ2n) is 8.99. The van der Waals surface area contributed by atoms with Crippen LogP contribution in [-0.2, 0) is 14.3 Å². The summed E-state index contributed by atoms with van der Waals surface area (Å²) in [4.78, 5) is 26.9. The molecular weight excluding hydrogens is 458 g/mol. The Balaban J connectivity index is 1.66. The summed E-state index contributed by atoms with van der Waals surface area (Å²) in [5, 5.41) is 0.920. The van der Waals surface area contributed by atoms with E-state index in [0.29, 0.717) is 38.3 Å². The van der Waals surface area contributed by atoms with Gasteiger partial charge in [0.1, 0.15) is 17.1 Å². The highest BCUT2D eigenvalue weighted by Crippen LogP contribution is 2.42. The Kier molecular flexibility index (Phi) is 7.67. The molecule has 1 amide bonds. The highest BCUT2D eigenvalue weighted by molar-refractivity contribution is 6.02. The number of benzene rings is 2. The Morgan fingerprint density at radius 2 is 1.83 bits per heavy atom. The molecule has 190 valence electrons. The van der Waals surface area contributed by atoms with E-state index < -0.39 is 0 Å². The van der Waals surface area contributed by atoms with Crippen LogP contribution in [0.5, 0.6) is 11.5 Å². The topological polar surface area (TPSA) is 78.2 Å². The lowest BCUT2D eigenvalue weighted by Crippen LogP contribution is -2.40. The lowest BCUT2D eigenvalue weighted by Gasteiger charge is -2.30. The second-order valence-corrected chi connectivity index (χ2v) is 8.99. The summed E-state index contributed by atoms with van der Waals surface area (Å²) in [5.74, 6) is 1.04. The number of fused-ring (bicyclic) bond motifs is 1. The fraction of sp³-hybridized carbons (Fsp3) is 0.379. The van der Waals surface area contributed by atoms with Crippen molar-refractivity contribution in [1.29, 1.82) is 0 Å². The second kappa shape index (κ2) is 10.9. The number of furan rings is 1. The average molecular weight is 492 g/mol. The number of amides is 1. The van der Waals surface area contributed by atoms with Crippen LogP contribution in [0.25, 0.3) is 27.7 Å². The predicted molar refractivity (Wildman–Crippen MR) is 139 cm³/mol. The zero-order valence-electron chi connectivity index (χ0n) is 21.6. The molecule has 0 aliphatic carbocycles. The van der Waals surface area contributed by atoms with E-state index in [2.05, 4.69) is 0 Å². The summed E-state index contributed by atoms with van der Waals surface area (Å²) in [6.07, 6.45) is 4.61. The van der Waals surface area contributed by atoms with Gasteiger partial charge in [-0.25, -0.2) is 0 Å². The van der Waals surface area contributed by atoms with Gasteiger partial charge in [0.15, 0.2) is 0 Å². The maximum Gasteiger partial charge on any atom is 0.309 e. The number of aryl methyl sites for hydroxylation is 1. The number of rotatable bonds is 7. The summed E-state index contributed by atoms with van der Waals surface area (Å²) < 4.78 is 22.4. The molecule has 1 aliphatic rings. The highest BCUT2D eigenvalue weighted by atomic mass is 16.5. The molecule has 7 heteroatoms. The molecule has 4 rings (SSSR count). The van der Waals surface area contributed by atoms with Crippen molar-refractivity contribution in [3.63, 3.8) is 0 Å². The zero-order valence-corrected chi connectivity index (χ0v) is 21.6. The Morgan fingerprint density at radius 1 is 1.11 bits per heavy atom. The van der Waals surface area contributed by atoms with Crippen LogP contribution in [0.1, 0.15) is 37.8 Å². The van der Waals surface area contributed by atoms with Crippen LogP contribution in [0.3, 0.4) is 0 Å². The van der Waals surface area contributed by atoms with Gasteiger partial charge in [0.05, 0.1) is 33.0 Å². The number of carbonyl (C=O) groups excluding carboxylic acids is 2. The van der Waals surface area contributed by atoms with E-state index in [-0.39, 0.29) is 17.8 Å². The van der Waals surface area contributed by atoms with Crippen LogP contribution in [0.4, 0.5) is 0 Å². The number of para-hydroxylation sites is 1. The van der Waals surface area contributed by atoms with Crippen molar-refractivity contribution in [3.05, 3.63) is 53.8 Å². The summed E-state index contributed by atoms with van der Waals surface area (Å²) in [6.45, 7) is 7.11. The van der Waals surface area contributed by atoms with Gasteiger partial charge in [0.25, 0.3) is 0 Å². The summed E-state index contributed by atoms with van der Waals surface area (Å²) in [7, 11) is 3.27. The molecule has 0 saturated carbocycles. The number of piperidine rings is 1. The first-order chi connectivity index (χ1) is 17.4. The number of esters is 1. The largest absolute Gasteiger partial charge is 0.496 e. The molecule has 0 radical (unpaired) electrons. The zero-order chi connectivity index (χ0) is 25.8.